The van der Waals surface area contributed by atoms with E-state index in [0.717, 1.165) is 0 Å². The van der Waals surface area contributed by atoms with Crippen LogP contribution in [-0.4, -0.2) is 61.1 Å². The summed E-state index contributed by atoms with van der Waals surface area (Å²) in [5.74, 6) is -1.02. The second-order valence-electron chi connectivity index (χ2n) is 4.75. The van der Waals surface area contributed by atoms with Crippen LogP contribution < -0.4 is 11.5 Å². The Balaban J connectivity index is 0.000000422. The van der Waals surface area contributed by atoms with Gasteiger partial charge in [0.05, 0.1) is 5.56 Å². The lowest BCUT2D eigenvalue weighted by Gasteiger charge is -2.05. The molecule has 10 heteroatoms. The van der Waals surface area contributed by atoms with Gasteiger partial charge in [-0.2, -0.15) is 0 Å². The summed E-state index contributed by atoms with van der Waals surface area (Å²) in [6.07, 6.45) is 0. The highest BCUT2D eigenvalue weighted by atomic mass is 16.4. The van der Waals surface area contributed by atoms with Gasteiger partial charge in [-0.3, -0.25) is 0 Å². The second-order valence-corrected chi connectivity index (χ2v) is 4.75. The number of hydrogen-bond donors (Lipinski definition) is 3. The fourth-order valence-electron chi connectivity index (χ4n) is 1.06. The molecule has 0 saturated carbocycles. The molecule has 0 aliphatic carbocycles. The summed E-state index contributed by atoms with van der Waals surface area (Å²) < 4.78 is 0. The van der Waals surface area contributed by atoms with Gasteiger partial charge in [-0.1, -0.05) is 10.2 Å². The van der Waals surface area contributed by atoms with Crippen molar-refractivity contribution in [1.82, 2.24) is 9.80 Å². The fraction of sp³-hybridized carbons (Fsp3) is 0.308. The number of nitrogens with two attached hydrogens (primary N) is 2. The normalized spacial score (nSPS) is 9.74. The number of hydrogen-bond acceptors (Lipinski definition) is 5. The van der Waals surface area contributed by atoms with Crippen LogP contribution in [0.15, 0.2) is 28.4 Å². The first-order chi connectivity index (χ1) is 10.5. The molecule has 1 aromatic carbocycles. The summed E-state index contributed by atoms with van der Waals surface area (Å²) in [6.45, 7) is 0. The topological polar surface area (TPSA) is 155 Å². The third-order valence-electron chi connectivity index (χ3n) is 2.21. The Hall–Kier alpha value is -3.17. The van der Waals surface area contributed by atoms with Crippen LogP contribution in [0.2, 0.25) is 0 Å². The van der Waals surface area contributed by atoms with Crippen molar-refractivity contribution in [3.63, 3.8) is 0 Å². The smallest absolute Gasteiger partial charge is 0.361 e. The summed E-state index contributed by atoms with van der Waals surface area (Å²) in [7, 11) is 6.12. The van der Waals surface area contributed by atoms with E-state index < -0.39 is 18.0 Å². The molecular formula is C13H20N6O4. The molecule has 0 radical (unpaired) electrons. The molecule has 5 N–H and O–H groups in total. The maximum absolute atomic E-state index is 10.8. The van der Waals surface area contributed by atoms with Crippen LogP contribution in [0.4, 0.5) is 21.0 Å². The average Bonchev–Trinajstić information content (AvgIpc) is 2.43. The first kappa shape index (κ1) is 19.8. The minimum atomic E-state index is -1.02. The Morgan fingerprint density at radius 3 is 1.48 bits per heavy atom. The Morgan fingerprint density at radius 1 is 0.870 bits per heavy atom. The van der Waals surface area contributed by atoms with E-state index in [9.17, 15) is 14.4 Å². The van der Waals surface area contributed by atoms with Gasteiger partial charge in [0, 0.05) is 39.6 Å². The molecule has 0 heterocycles. The van der Waals surface area contributed by atoms with Crippen molar-refractivity contribution >= 4 is 29.4 Å². The highest BCUT2D eigenvalue weighted by molar-refractivity contribution is 5.90. The number of nitrogen functional groups attached to an aromatic ring is 2. The van der Waals surface area contributed by atoms with Gasteiger partial charge in [0.25, 0.3) is 0 Å². The van der Waals surface area contributed by atoms with Gasteiger partial charge in [0.2, 0.25) is 0 Å². The minimum absolute atomic E-state index is 0.113. The number of carboxylic acid groups (broad SMARTS) is 1. The van der Waals surface area contributed by atoms with Crippen LogP contribution in [0.1, 0.15) is 10.4 Å². The lowest BCUT2D eigenvalue weighted by atomic mass is 10.2. The number of anilines is 2. The number of amides is 4. The molecule has 4 amide bonds. The molecular weight excluding hydrogens is 304 g/mol. The third kappa shape index (κ3) is 7.99. The van der Waals surface area contributed by atoms with Crippen molar-refractivity contribution in [3.05, 3.63) is 23.8 Å². The largest absolute Gasteiger partial charge is 0.478 e. The molecule has 0 aromatic heterocycles. The van der Waals surface area contributed by atoms with Crippen LogP contribution in [-0.2, 0) is 0 Å². The second kappa shape index (κ2) is 8.97. The SMILES string of the molecule is CN(C)C(=O)N=NC(=O)N(C)C.Nc1cc(N)cc(C(=O)O)c1. The van der Waals surface area contributed by atoms with E-state index in [1.54, 1.807) is 0 Å². The van der Waals surface area contributed by atoms with Crippen LogP contribution in [0, 0.1) is 0 Å². The van der Waals surface area contributed by atoms with Crippen molar-refractivity contribution in [3.8, 4) is 0 Å². The highest BCUT2D eigenvalue weighted by Crippen LogP contribution is 2.12. The monoisotopic (exact) mass is 324 g/mol. The van der Waals surface area contributed by atoms with Gasteiger partial charge in [0.1, 0.15) is 0 Å². The number of azo groups is 1. The predicted octanol–water partition coefficient (Wildman–Crippen LogP) is 1.35. The first-order valence-electron chi connectivity index (χ1n) is 6.28. The molecule has 0 atom stereocenters. The number of benzene rings is 1. The van der Waals surface area contributed by atoms with Crippen LogP contribution in [0.5, 0.6) is 0 Å². The van der Waals surface area contributed by atoms with Gasteiger partial charge < -0.3 is 26.4 Å². The van der Waals surface area contributed by atoms with Crippen LogP contribution >= 0.6 is 0 Å². The Labute approximate surface area is 133 Å². The van der Waals surface area contributed by atoms with E-state index >= 15 is 0 Å². The Kier molecular flexibility index (Phi) is 7.74. The molecule has 0 unspecified atom stereocenters. The number of carbonyl (C=O) groups excluding carboxylic acids is 2. The summed E-state index contributed by atoms with van der Waals surface area (Å²) >= 11 is 0. The molecule has 0 aliphatic rings. The summed E-state index contributed by atoms with van der Waals surface area (Å²) in [6, 6.07) is 3.12. The summed E-state index contributed by atoms with van der Waals surface area (Å²) in [5, 5.41) is 14.9. The molecule has 0 aliphatic heterocycles. The first-order valence-corrected chi connectivity index (χ1v) is 6.28. The van der Waals surface area contributed by atoms with Crippen molar-refractivity contribution in [2.75, 3.05) is 39.7 Å². The maximum Gasteiger partial charge on any atom is 0.361 e. The molecule has 10 nitrogen and oxygen atoms in total. The zero-order chi connectivity index (χ0) is 18.2. The van der Waals surface area contributed by atoms with Crippen molar-refractivity contribution in [2.45, 2.75) is 0 Å². The molecule has 0 saturated heterocycles. The third-order valence-corrected chi connectivity index (χ3v) is 2.21. The van der Waals surface area contributed by atoms with Gasteiger partial charge in [0.15, 0.2) is 0 Å². The van der Waals surface area contributed by atoms with E-state index in [1.807, 2.05) is 0 Å². The van der Waals surface area contributed by atoms with Crippen LogP contribution in [0.3, 0.4) is 0 Å². The minimum Gasteiger partial charge on any atom is -0.478 e. The maximum atomic E-state index is 10.8. The van der Waals surface area contributed by atoms with E-state index in [0.29, 0.717) is 11.4 Å². The van der Waals surface area contributed by atoms with E-state index in [-0.39, 0.29) is 5.56 Å². The zero-order valence-corrected chi connectivity index (χ0v) is 13.3. The molecule has 1 aromatic rings. The molecule has 23 heavy (non-hydrogen) atoms. The van der Waals surface area contributed by atoms with Gasteiger partial charge >= 0.3 is 18.0 Å². The van der Waals surface area contributed by atoms with Gasteiger partial charge in [-0.05, 0) is 18.2 Å². The van der Waals surface area contributed by atoms with Crippen molar-refractivity contribution in [1.29, 1.82) is 0 Å². The quantitative estimate of drug-likeness (QED) is 0.523. The van der Waals surface area contributed by atoms with E-state index in [1.165, 1.54) is 56.2 Å². The Morgan fingerprint density at radius 2 is 1.22 bits per heavy atom. The lowest BCUT2D eigenvalue weighted by molar-refractivity contribution is 0.0697. The number of carbonyl (C=O) groups is 3. The molecule has 1 rings (SSSR count). The lowest BCUT2D eigenvalue weighted by Crippen LogP contribution is -2.20. The molecule has 126 valence electrons. The van der Waals surface area contributed by atoms with Crippen LogP contribution in [0.25, 0.3) is 0 Å². The summed E-state index contributed by atoms with van der Waals surface area (Å²) in [5.41, 5.74) is 11.5. The van der Waals surface area contributed by atoms with Crippen molar-refractivity contribution in [2.24, 2.45) is 10.2 Å². The Bertz CT molecular complexity index is 570. The number of urea groups is 2. The number of aromatic carboxylic acids is 1. The average molecular weight is 324 g/mol. The zero-order valence-electron chi connectivity index (χ0n) is 13.3. The van der Waals surface area contributed by atoms with Gasteiger partial charge in [-0.25, -0.2) is 14.4 Å². The molecule has 0 fully saturated rings. The summed E-state index contributed by atoms with van der Waals surface area (Å²) in [4.78, 5) is 34.4. The number of rotatable bonds is 1. The molecule has 0 spiro atoms. The highest BCUT2D eigenvalue weighted by Gasteiger charge is 2.04. The van der Waals surface area contributed by atoms with Crippen molar-refractivity contribution < 1.29 is 19.5 Å². The standard InChI is InChI=1S/C7H8N2O2.C6H12N4O2/c8-5-1-4(7(10)11)2-6(9)3-5;1-9(2)5(11)7-8-6(12)10(3)4/h1-3H,8-9H2,(H,10,11);1-4H3. The number of nitrogens with zero attached hydrogens (tertiary/aromatic N) is 4. The fourth-order valence-corrected chi connectivity index (χ4v) is 1.06. The van der Waals surface area contributed by atoms with Gasteiger partial charge in [-0.15, -0.1) is 0 Å². The van der Waals surface area contributed by atoms with E-state index in [4.69, 9.17) is 16.6 Å². The molecule has 0 bridgehead atoms. The predicted molar refractivity (Wildman–Crippen MR) is 85.2 cm³/mol. The number of carboxylic acids is 1. The van der Waals surface area contributed by atoms with E-state index in [2.05, 4.69) is 10.2 Å².